The second kappa shape index (κ2) is 11.1. The topological polar surface area (TPSA) is 96.6 Å². The molecule has 2 atom stereocenters. The minimum Gasteiger partial charge on any atom is -0.491 e. The fourth-order valence-corrected chi connectivity index (χ4v) is 2.84. The fraction of sp³-hybridized carbons (Fsp3) is 0.500. The fourth-order valence-electron chi connectivity index (χ4n) is 2.84. The van der Waals surface area contributed by atoms with Gasteiger partial charge in [0.15, 0.2) is 5.96 Å². The molecule has 0 fully saturated rings. The Balaban J connectivity index is 0.00000280. The average Bonchev–Trinajstić information content (AvgIpc) is 3.13. The second-order valence-electron chi connectivity index (χ2n) is 6.38. The molecule has 28 heavy (non-hydrogen) atoms. The molecule has 154 valence electrons. The monoisotopic (exact) mass is 504 g/mol. The molecule has 0 bridgehead atoms. The third kappa shape index (κ3) is 6.59. The average molecular weight is 504 g/mol. The zero-order valence-corrected chi connectivity index (χ0v) is 18.0. The molecule has 1 aliphatic rings. The smallest absolute Gasteiger partial charge is 0.191 e. The number of fused-ring (bicyclic) bond motifs is 1. The molecule has 2 unspecified atom stereocenters. The van der Waals surface area contributed by atoms with Gasteiger partial charge in [0.25, 0.3) is 0 Å². The lowest BCUT2D eigenvalue weighted by Gasteiger charge is -2.25. The van der Waals surface area contributed by atoms with Gasteiger partial charge in [0.1, 0.15) is 36.4 Å². The van der Waals surface area contributed by atoms with Crippen molar-refractivity contribution in [1.82, 2.24) is 25.4 Å². The highest BCUT2D eigenvalue weighted by molar-refractivity contribution is 14.0. The molecule has 8 nitrogen and oxygen atoms in total. The summed E-state index contributed by atoms with van der Waals surface area (Å²) in [4.78, 5) is 8.66. The minimum absolute atomic E-state index is 0. The van der Waals surface area contributed by atoms with E-state index in [1.54, 1.807) is 6.33 Å². The summed E-state index contributed by atoms with van der Waals surface area (Å²) in [6.45, 7) is 3.71. The Morgan fingerprint density at radius 3 is 2.96 bits per heavy atom. The van der Waals surface area contributed by atoms with Gasteiger partial charge in [0, 0.05) is 19.0 Å². The third-order valence-corrected chi connectivity index (χ3v) is 4.21. The molecule has 0 amide bonds. The molecular weight excluding hydrogens is 478 g/mol. The predicted octanol–water partition coefficient (Wildman–Crippen LogP) is 1.34. The van der Waals surface area contributed by atoms with Crippen LogP contribution in [0.4, 0.5) is 4.39 Å². The van der Waals surface area contributed by atoms with E-state index in [0.717, 1.165) is 31.8 Å². The summed E-state index contributed by atoms with van der Waals surface area (Å²) in [5, 5.41) is 20.9. The molecule has 1 aromatic heterocycles. The van der Waals surface area contributed by atoms with Crippen molar-refractivity contribution in [3.8, 4) is 5.75 Å². The Morgan fingerprint density at radius 2 is 2.21 bits per heavy atom. The maximum Gasteiger partial charge on any atom is 0.191 e. The van der Waals surface area contributed by atoms with Crippen molar-refractivity contribution in [3.63, 3.8) is 0 Å². The number of benzene rings is 1. The maximum absolute atomic E-state index is 12.9. The minimum atomic E-state index is -0.765. The number of ether oxygens (including phenoxy) is 1. The van der Waals surface area contributed by atoms with Crippen molar-refractivity contribution in [2.24, 2.45) is 4.99 Å². The largest absolute Gasteiger partial charge is 0.491 e. The summed E-state index contributed by atoms with van der Waals surface area (Å²) in [6.07, 6.45) is 2.62. The summed E-state index contributed by atoms with van der Waals surface area (Å²) >= 11 is 0. The number of aliphatic hydroxyl groups excluding tert-OH is 1. The second-order valence-corrected chi connectivity index (χ2v) is 6.38. The summed E-state index contributed by atoms with van der Waals surface area (Å²) in [5.74, 6) is 1.83. The van der Waals surface area contributed by atoms with Gasteiger partial charge in [0.2, 0.25) is 0 Å². The van der Waals surface area contributed by atoms with E-state index in [-0.39, 0.29) is 49.0 Å². The molecule has 0 saturated carbocycles. The number of guanidine groups is 1. The summed E-state index contributed by atoms with van der Waals surface area (Å²) in [6, 6.07) is 5.89. The first-order valence-corrected chi connectivity index (χ1v) is 9.12. The van der Waals surface area contributed by atoms with Crippen molar-refractivity contribution in [2.75, 3.05) is 19.7 Å². The molecule has 10 heteroatoms. The van der Waals surface area contributed by atoms with E-state index in [9.17, 15) is 9.50 Å². The molecule has 2 aromatic rings. The predicted molar refractivity (Wildman–Crippen MR) is 115 cm³/mol. The lowest BCUT2D eigenvalue weighted by Crippen LogP contribution is -2.47. The first kappa shape index (κ1) is 22.3. The Labute approximate surface area is 180 Å². The number of aromatic nitrogens is 3. The van der Waals surface area contributed by atoms with Gasteiger partial charge < -0.3 is 20.5 Å². The zero-order valence-electron chi connectivity index (χ0n) is 15.7. The van der Waals surface area contributed by atoms with Gasteiger partial charge in [-0.2, -0.15) is 5.10 Å². The zero-order chi connectivity index (χ0) is 19.1. The number of aryl methyl sites for hydroxylation is 1. The van der Waals surface area contributed by atoms with E-state index in [4.69, 9.17) is 4.74 Å². The van der Waals surface area contributed by atoms with Crippen LogP contribution in [-0.4, -0.2) is 57.7 Å². The van der Waals surface area contributed by atoms with Crippen LogP contribution in [0.3, 0.4) is 0 Å². The number of hydrogen-bond acceptors (Lipinski definition) is 5. The molecule has 0 aliphatic carbocycles. The van der Waals surface area contributed by atoms with Crippen molar-refractivity contribution in [3.05, 3.63) is 42.2 Å². The van der Waals surface area contributed by atoms with Gasteiger partial charge in [-0.1, -0.05) is 0 Å². The first-order valence-electron chi connectivity index (χ1n) is 9.12. The van der Waals surface area contributed by atoms with E-state index in [1.807, 2.05) is 11.6 Å². The van der Waals surface area contributed by atoms with Crippen LogP contribution in [0.5, 0.6) is 5.75 Å². The highest BCUT2D eigenvalue weighted by Crippen LogP contribution is 2.12. The van der Waals surface area contributed by atoms with Crippen molar-refractivity contribution in [1.29, 1.82) is 0 Å². The molecule has 0 spiro atoms. The van der Waals surface area contributed by atoms with E-state index in [0.29, 0.717) is 11.7 Å². The van der Waals surface area contributed by atoms with Crippen molar-refractivity contribution in [2.45, 2.75) is 38.5 Å². The van der Waals surface area contributed by atoms with Crippen molar-refractivity contribution >= 4 is 29.9 Å². The number of aliphatic hydroxyl groups is 1. The Kier molecular flexibility index (Phi) is 8.90. The van der Waals surface area contributed by atoms with Crippen LogP contribution in [0.2, 0.25) is 0 Å². The van der Waals surface area contributed by atoms with Gasteiger partial charge in [-0.3, -0.25) is 4.99 Å². The molecule has 0 saturated heterocycles. The number of nitrogens with one attached hydrogen (secondary N) is 2. The molecular formula is C18H26FIN6O2. The summed E-state index contributed by atoms with van der Waals surface area (Å²) in [7, 11) is 0. The summed E-state index contributed by atoms with van der Waals surface area (Å²) in [5.41, 5.74) is 0. The standard InChI is InChI=1S/C18H25FN6O2.HI/c1-2-20-18(24-14-5-8-17-22-12-23-25(17)10-14)21-9-15(26)11-27-16-6-3-13(19)4-7-16;/h3-4,6-7,12,14-15,26H,2,5,8-11H2,1H3,(H2,20,21,24);1H. The van der Waals surface area contributed by atoms with Gasteiger partial charge in [-0.25, -0.2) is 14.1 Å². The molecule has 2 heterocycles. The third-order valence-electron chi connectivity index (χ3n) is 4.21. The normalized spacial score (nSPS) is 17.2. The number of rotatable bonds is 7. The number of halogens is 2. The SMILES string of the molecule is CCNC(=NCC(O)COc1ccc(F)cc1)NC1CCc2ncnn2C1.I. The van der Waals surface area contributed by atoms with E-state index >= 15 is 0 Å². The first-order chi connectivity index (χ1) is 13.1. The van der Waals surface area contributed by atoms with E-state index in [2.05, 4.69) is 25.7 Å². The van der Waals surface area contributed by atoms with Crippen LogP contribution in [0, 0.1) is 5.82 Å². The van der Waals surface area contributed by atoms with Crippen LogP contribution in [-0.2, 0) is 13.0 Å². The molecule has 0 radical (unpaired) electrons. The van der Waals surface area contributed by atoms with Crippen LogP contribution >= 0.6 is 24.0 Å². The molecule has 3 N–H and O–H groups in total. The van der Waals surface area contributed by atoms with E-state index < -0.39 is 6.10 Å². The summed E-state index contributed by atoms with van der Waals surface area (Å²) < 4.78 is 20.2. The van der Waals surface area contributed by atoms with Gasteiger partial charge >= 0.3 is 0 Å². The lowest BCUT2D eigenvalue weighted by molar-refractivity contribution is 0.114. The van der Waals surface area contributed by atoms with Crippen LogP contribution in [0.15, 0.2) is 35.6 Å². The molecule has 1 aromatic carbocycles. The van der Waals surface area contributed by atoms with Crippen molar-refractivity contribution < 1.29 is 14.2 Å². The number of aliphatic imine (C=N–C) groups is 1. The van der Waals surface area contributed by atoms with Crippen LogP contribution < -0.4 is 15.4 Å². The Hall–Kier alpha value is -1.95. The molecule has 3 rings (SSSR count). The van der Waals surface area contributed by atoms with Crippen LogP contribution in [0.25, 0.3) is 0 Å². The Bertz CT molecular complexity index is 755. The van der Waals surface area contributed by atoms with Crippen LogP contribution in [0.1, 0.15) is 19.2 Å². The van der Waals surface area contributed by atoms with Gasteiger partial charge in [0.05, 0.1) is 13.1 Å². The lowest BCUT2D eigenvalue weighted by atomic mass is 10.1. The van der Waals surface area contributed by atoms with Gasteiger partial charge in [-0.05, 0) is 37.6 Å². The van der Waals surface area contributed by atoms with Gasteiger partial charge in [-0.15, -0.1) is 24.0 Å². The Morgan fingerprint density at radius 1 is 1.43 bits per heavy atom. The highest BCUT2D eigenvalue weighted by Gasteiger charge is 2.20. The number of nitrogens with zero attached hydrogens (tertiary/aromatic N) is 4. The highest BCUT2D eigenvalue weighted by atomic mass is 127. The number of hydrogen-bond donors (Lipinski definition) is 3. The van der Waals surface area contributed by atoms with E-state index in [1.165, 1.54) is 24.3 Å². The quantitative estimate of drug-likeness (QED) is 0.300. The molecule has 1 aliphatic heterocycles. The maximum atomic E-state index is 12.9.